The molecule has 3 aliphatic rings. The first kappa shape index (κ1) is 15.8. The van der Waals surface area contributed by atoms with Gasteiger partial charge in [-0.2, -0.15) is 0 Å². The maximum Gasteiger partial charge on any atom is 0.0578 e. The molecule has 3 unspecified atom stereocenters. The van der Waals surface area contributed by atoms with Gasteiger partial charge in [0.25, 0.3) is 0 Å². The second-order valence-corrected chi connectivity index (χ2v) is 7.89. The van der Waals surface area contributed by atoms with Gasteiger partial charge in [0.2, 0.25) is 0 Å². The molecule has 0 aromatic heterocycles. The van der Waals surface area contributed by atoms with E-state index < -0.39 is 0 Å². The Bertz CT molecular complexity index is 312. The summed E-state index contributed by atoms with van der Waals surface area (Å²) in [6, 6.07) is 0.601. The second kappa shape index (κ2) is 7.43. The average molecular weight is 294 g/mol. The second-order valence-electron chi connectivity index (χ2n) is 7.89. The normalized spacial score (nSPS) is 33.4. The van der Waals surface area contributed by atoms with E-state index in [0.717, 1.165) is 24.8 Å². The summed E-state index contributed by atoms with van der Waals surface area (Å²) in [6.07, 6.45) is 10.5. The summed E-state index contributed by atoms with van der Waals surface area (Å²) in [5.74, 6) is 2.35. The Labute approximate surface area is 130 Å². The van der Waals surface area contributed by atoms with Gasteiger partial charge in [0.15, 0.2) is 0 Å². The largest absolute Gasteiger partial charge is 0.393 e. The molecule has 3 rings (SSSR count). The smallest absolute Gasteiger partial charge is 0.0578 e. The third-order valence-electron chi connectivity index (χ3n) is 5.90. The zero-order valence-corrected chi connectivity index (χ0v) is 13.8. The van der Waals surface area contributed by atoms with E-state index in [1.807, 2.05) is 0 Å². The minimum absolute atomic E-state index is 0.109. The molecule has 3 fully saturated rings. The number of rotatable bonds is 7. The molecule has 0 amide bonds. The van der Waals surface area contributed by atoms with Crippen molar-refractivity contribution in [2.24, 2.45) is 17.8 Å². The lowest BCUT2D eigenvalue weighted by molar-refractivity contribution is 0.0334. The van der Waals surface area contributed by atoms with Gasteiger partial charge in [-0.3, -0.25) is 0 Å². The van der Waals surface area contributed by atoms with E-state index in [1.54, 1.807) is 0 Å². The highest BCUT2D eigenvalue weighted by Gasteiger charge is 2.34. The maximum atomic E-state index is 10.3. The lowest BCUT2D eigenvalue weighted by Gasteiger charge is -2.40. The Morgan fingerprint density at radius 3 is 2.52 bits per heavy atom. The summed E-state index contributed by atoms with van der Waals surface area (Å²) in [4.78, 5) is 2.64. The van der Waals surface area contributed by atoms with Crippen molar-refractivity contribution in [2.75, 3.05) is 26.2 Å². The SMILES string of the molecule is CCC(O)C1CC(NCC2CCCC2)CN(CC2CC2)C1. The maximum absolute atomic E-state index is 10.3. The molecule has 0 aromatic carbocycles. The minimum Gasteiger partial charge on any atom is -0.393 e. The van der Waals surface area contributed by atoms with E-state index in [0.29, 0.717) is 12.0 Å². The molecule has 1 saturated heterocycles. The van der Waals surface area contributed by atoms with E-state index in [-0.39, 0.29) is 6.10 Å². The van der Waals surface area contributed by atoms with Gasteiger partial charge in [-0.1, -0.05) is 19.8 Å². The van der Waals surface area contributed by atoms with E-state index in [1.165, 1.54) is 64.6 Å². The Kier molecular flexibility index (Phi) is 5.58. The highest BCUT2D eigenvalue weighted by Crippen LogP contribution is 2.32. The Balaban J connectivity index is 1.50. The average Bonchev–Trinajstić information content (AvgIpc) is 3.15. The van der Waals surface area contributed by atoms with E-state index >= 15 is 0 Å². The van der Waals surface area contributed by atoms with Gasteiger partial charge >= 0.3 is 0 Å². The first-order valence-electron chi connectivity index (χ1n) is 9.38. The fraction of sp³-hybridized carbons (Fsp3) is 1.00. The molecule has 3 heteroatoms. The number of likely N-dealkylation sites (tertiary alicyclic amines) is 1. The number of aliphatic hydroxyl groups is 1. The van der Waals surface area contributed by atoms with Crippen molar-refractivity contribution < 1.29 is 5.11 Å². The third-order valence-corrected chi connectivity index (χ3v) is 5.90. The molecule has 122 valence electrons. The standard InChI is InChI=1S/C18H34N2O/c1-2-18(21)16-9-17(19-10-14-5-3-4-6-14)13-20(12-16)11-15-7-8-15/h14-19,21H,2-13H2,1H3. The Hall–Kier alpha value is -0.120. The summed E-state index contributed by atoms with van der Waals surface area (Å²) < 4.78 is 0. The molecular formula is C18H34N2O. The Morgan fingerprint density at radius 1 is 1.10 bits per heavy atom. The van der Waals surface area contributed by atoms with Gasteiger partial charge in [0.05, 0.1) is 6.10 Å². The van der Waals surface area contributed by atoms with Crippen molar-refractivity contribution in [3.63, 3.8) is 0 Å². The van der Waals surface area contributed by atoms with Crippen molar-refractivity contribution in [3.05, 3.63) is 0 Å². The van der Waals surface area contributed by atoms with Gasteiger partial charge in [0, 0.05) is 25.7 Å². The van der Waals surface area contributed by atoms with Crippen LogP contribution in [0.3, 0.4) is 0 Å². The van der Waals surface area contributed by atoms with Gasteiger partial charge in [-0.15, -0.1) is 0 Å². The van der Waals surface area contributed by atoms with Crippen molar-refractivity contribution in [3.8, 4) is 0 Å². The van der Waals surface area contributed by atoms with E-state index in [2.05, 4.69) is 17.1 Å². The van der Waals surface area contributed by atoms with Crippen LogP contribution in [0.2, 0.25) is 0 Å². The molecule has 2 N–H and O–H groups in total. The summed E-state index contributed by atoms with van der Waals surface area (Å²) in [5.41, 5.74) is 0. The molecule has 21 heavy (non-hydrogen) atoms. The first-order valence-corrected chi connectivity index (χ1v) is 9.38. The first-order chi connectivity index (χ1) is 10.2. The van der Waals surface area contributed by atoms with E-state index in [4.69, 9.17) is 0 Å². The van der Waals surface area contributed by atoms with Gasteiger partial charge in [-0.25, -0.2) is 0 Å². The summed E-state index contributed by atoms with van der Waals surface area (Å²) >= 11 is 0. The number of hydrogen-bond donors (Lipinski definition) is 2. The number of aliphatic hydroxyl groups excluding tert-OH is 1. The van der Waals surface area contributed by atoms with Crippen molar-refractivity contribution in [2.45, 2.75) is 70.4 Å². The van der Waals surface area contributed by atoms with Crippen LogP contribution in [0.5, 0.6) is 0 Å². The molecule has 0 aromatic rings. The molecule has 0 radical (unpaired) electrons. The minimum atomic E-state index is -0.109. The molecule has 3 atom stereocenters. The number of nitrogens with one attached hydrogen (secondary N) is 1. The predicted molar refractivity (Wildman–Crippen MR) is 87.3 cm³/mol. The fourth-order valence-electron chi connectivity index (χ4n) is 4.35. The summed E-state index contributed by atoms with van der Waals surface area (Å²) in [5, 5.41) is 14.1. The van der Waals surface area contributed by atoms with Gasteiger partial charge < -0.3 is 15.3 Å². The van der Waals surface area contributed by atoms with Crippen molar-refractivity contribution in [1.29, 1.82) is 0 Å². The zero-order chi connectivity index (χ0) is 14.7. The van der Waals surface area contributed by atoms with Crippen LogP contribution in [0.1, 0.15) is 58.3 Å². The molecule has 2 saturated carbocycles. The monoisotopic (exact) mass is 294 g/mol. The molecular weight excluding hydrogens is 260 g/mol. The van der Waals surface area contributed by atoms with Crippen LogP contribution in [-0.2, 0) is 0 Å². The summed E-state index contributed by atoms with van der Waals surface area (Å²) in [6.45, 7) is 6.92. The lowest BCUT2D eigenvalue weighted by atomic mass is 9.88. The molecule has 1 heterocycles. The van der Waals surface area contributed by atoms with Crippen LogP contribution >= 0.6 is 0 Å². The molecule has 1 aliphatic heterocycles. The third kappa shape index (κ3) is 4.67. The van der Waals surface area contributed by atoms with Crippen LogP contribution in [0.4, 0.5) is 0 Å². The Morgan fingerprint density at radius 2 is 1.86 bits per heavy atom. The number of piperidine rings is 1. The van der Waals surface area contributed by atoms with E-state index in [9.17, 15) is 5.11 Å². The highest BCUT2D eigenvalue weighted by molar-refractivity contribution is 4.89. The van der Waals surface area contributed by atoms with Crippen molar-refractivity contribution >= 4 is 0 Å². The van der Waals surface area contributed by atoms with Crippen LogP contribution in [0, 0.1) is 17.8 Å². The predicted octanol–water partition coefficient (Wildman–Crippen LogP) is 2.64. The lowest BCUT2D eigenvalue weighted by Crippen LogP contribution is -2.52. The van der Waals surface area contributed by atoms with Crippen LogP contribution in [0.15, 0.2) is 0 Å². The summed E-state index contributed by atoms with van der Waals surface area (Å²) in [7, 11) is 0. The van der Waals surface area contributed by atoms with Gasteiger partial charge in [0.1, 0.15) is 0 Å². The molecule has 0 bridgehead atoms. The van der Waals surface area contributed by atoms with Crippen LogP contribution in [0.25, 0.3) is 0 Å². The quantitative estimate of drug-likeness (QED) is 0.758. The number of nitrogens with zero attached hydrogens (tertiary/aromatic N) is 1. The molecule has 3 nitrogen and oxygen atoms in total. The molecule has 2 aliphatic carbocycles. The topological polar surface area (TPSA) is 35.5 Å². The van der Waals surface area contributed by atoms with Crippen LogP contribution < -0.4 is 5.32 Å². The zero-order valence-electron chi connectivity index (χ0n) is 13.8. The molecule has 0 spiro atoms. The van der Waals surface area contributed by atoms with Crippen molar-refractivity contribution in [1.82, 2.24) is 10.2 Å². The van der Waals surface area contributed by atoms with Gasteiger partial charge in [-0.05, 0) is 62.8 Å². The highest BCUT2D eigenvalue weighted by atomic mass is 16.3. The van der Waals surface area contributed by atoms with Crippen LogP contribution in [-0.4, -0.2) is 48.3 Å². The number of hydrogen-bond acceptors (Lipinski definition) is 3. The fourth-order valence-corrected chi connectivity index (χ4v) is 4.35.